The lowest BCUT2D eigenvalue weighted by atomic mass is 9.98. The van der Waals surface area contributed by atoms with Crippen molar-refractivity contribution in [1.29, 1.82) is 0 Å². The number of fused-ring (bicyclic) bond motifs is 1. The van der Waals surface area contributed by atoms with Crippen LogP contribution in [0.5, 0.6) is 0 Å². The Bertz CT molecular complexity index is 468. The third-order valence-electron chi connectivity index (χ3n) is 4.26. The number of hydrogen-bond donors (Lipinski definition) is 1. The summed E-state index contributed by atoms with van der Waals surface area (Å²) >= 11 is 0. The topological polar surface area (TPSA) is 32.3 Å². The molecular weight excluding hydrogens is 236 g/mol. The van der Waals surface area contributed by atoms with Crippen molar-refractivity contribution in [1.82, 2.24) is 10.2 Å². The maximum absolute atomic E-state index is 12.5. The quantitative estimate of drug-likeness (QED) is 0.877. The maximum Gasteiger partial charge on any atom is 0.254 e. The molecule has 102 valence electrons. The van der Waals surface area contributed by atoms with Crippen molar-refractivity contribution < 1.29 is 4.79 Å². The molecule has 3 rings (SSSR count). The Morgan fingerprint density at radius 3 is 2.89 bits per heavy atom. The van der Waals surface area contributed by atoms with Crippen molar-refractivity contribution in [3.8, 4) is 0 Å². The molecule has 2 aliphatic rings. The van der Waals surface area contributed by atoms with E-state index >= 15 is 0 Å². The van der Waals surface area contributed by atoms with E-state index in [-0.39, 0.29) is 5.91 Å². The minimum atomic E-state index is 0.213. The van der Waals surface area contributed by atoms with Crippen LogP contribution < -0.4 is 5.32 Å². The summed E-state index contributed by atoms with van der Waals surface area (Å²) in [6.07, 6.45) is 3.62. The van der Waals surface area contributed by atoms with Crippen LogP contribution in [0.1, 0.15) is 35.7 Å². The Balaban J connectivity index is 1.71. The first-order valence-electron chi connectivity index (χ1n) is 7.40. The molecule has 1 atom stereocenters. The minimum Gasteiger partial charge on any atom is -0.337 e. The Morgan fingerprint density at radius 1 is 1.37 bits per heavy atom. The molecule has 1 aliphatic heterocycles. The van der Waals surface area contributed by atoms with E-state index in [9.17, 15) is 4.79 Å². The van der Waals surface area contributed by atoms with Crippen LogP contribution in [-0.2, 0) is 6.42 Å². The van der Waals surface area contributed by atoms with E-state index in [4.69, 9.17) is 0 Å². The summed E-state index contributed by atoms with van der Waals surface area (Å²) in [4.78, 5) is 14.5. The SMILES string of the molecule is CCNC(CN1CCc2ccccc2C1=O)C1CC1. The number of nitrogens with one attached hydrogen (secondary N) is 1. The fourth-order valence-electron chi connectivity index (χ4n) is 3.03. The van der Waals surface area contributed by atoms with Gasteiger partial charge in [-0.15, -0.1) is 0 Å². The molecule has 1 aromatic rings. The summed E-state index contributed by atoms with van der Waals surface area (Å²) < 4.78 is 0. The van der Waals surface area contributed by atoms with Gasteiger partial charge in [-0.05, 0) is 43.4 Å². The number of benzene rings is 1. The Kier molecular flexibility index (Phi) is 3.56. The normalized spacial score (nSPS) is 20.3. The average Bonchev–Trinajstić information content (AvgIpc) is 3.26. The van der Waals surface area contributed by atoms with Crippen molar-refractivity contribution in [2.24, 2.45) is 5.92 Å². The highest BCUT2D eigenvalue weighted by atomic mass is 16.2. The van der Waals surface area contributed by atoms with Gasteiger partial charge in [0.2, 0.25) is 0 Å². The highest BCUT2D eigenvalue weighted by Crippen LogP contribution is 2.33. The molecule has 3 heteroatoms. The van der Waals surface area contributed by atoms with Gasteiger partial charge in [0.15, 0.2) is 0 Å². The van der Waals surface area contributed by atoms with Gasteiger partial charge in [-0.25, -0.2) is 0 Å². The summed E-state index contributed by atoms with van der Waals surface area (Å²) in [6.45, 7) is 4.86. The highest BCUT2D eigenvalue weighted by molar-refractivity contribution is 5.96. The molecular formula is C16H22N2O. The predicted octanol–water partition coefficient (Wildman–Crippen LogP) is 2.07. The second-order valence-electron chi connectivity index (χ2n) is 5.66. The number of hydrogen-bond acceptors (Lipinski definition) is 2. The third-order valence-corrected chi connectivity index (χ3v) is 4.26. The lowest BCUT2D eigenvalue weighted by Gasteiger charge is -2.32. The maximum atomic E-state index is 12.5. The van der Waals surface area contributed by atoms with Gasteiger partial charge in [0, 0.05) is 24.7 Å². The van der Waals surface area contributed by atoms with Crippen LogP contribution >= 0.6 is 0 Å². The fourth-order valence-corrected chi connectivity index (χ4v) is 3.03. The molecule has 1 aromatic carbocycles. The first-order valence-corrected chi connectivity index (χ1v) is 7.40. The van der Waals surface area contributed by atoms with Crippen molar-refractivity contribution >= 4 is 5.91 Å². The molecule has 1 unspecified atom stereocenters. The number of likely N-dealkylation sites (N-methyl/N-ethyl adjacent to an activating group) is 1. The number of rotatable bonds is 5. The molecule has 0 bridgehead atoms. The lowest BCUT2D eigenvalue weighted by Crippen LogP contribution is -2.47. The zero-order valence-electron chi connectivity index (χ0n) is 11.6. The predicted molar refractivity (Wildman–Crippen MR) is 76.2 cm³/mol. The smallest absolute Gasteiger partial charge is 0.254 e. The zero-order valence-corrected chi connectivity index (χ0v) is 11.6. The summed E-state index contributed by atoms with van der Waals surface area (Å²) in [5, 5.41) is 3.54. The molecule has 1 fully saturated rings. The zero-order chi connectivity index (χ0) is 13.2. The van der Waals surface area contributed by atoms with E-state index in [0.29, 0.717) is 6.04 Å². The first kappa shape index (κ1) is 12.7. The Labute approximate surface area is 115 Å². The van der Waals surface area contributed by atoms with Crippen molar-refractivity contribution in [2.75, 3.05) is 19.6 Å². The van der Waals surface area contributed by atoms with Crippen LogP contribution in [0, 0.1) is 5.92 Å². The molecule has 1 amide bonds. The van der Waals surface area contributed by atoms with E-state index < -0.39 is 0 Å². The van der Waals surface area contributed by atoms with Crippen LogP contribution in [-0.4, -0.2) is 36.5 Å². The standard InChI is InChI=1S/C16H22N2O/c1-2-17-15(13-7-8-13)11-18-10-9-12-5-3-4-6-14(12)16(18)19/h3-6,13,15,17H,2,7-11H2,1H3. The van der Waals surface area contributed by atoms with E-state index in [2.05, 4.69) is 18.3 Å². The molecule has 0 aromatic heterocycles. The fraction of sp³-hybridized carbons (Fsp3) is 0.562. The van der Waals surface area contributed by atoms with Gasteiger partial charge in [0.25, 0.3) is 5.91 Å². The molecule has 1 saturated carbocycles. The second kappa shape index (κ2) is 5.33. The van der Waals surface area contributed by atoms with E-state index in [1.54, 1.807) is 0 Å². The molecule has 1 N–H and O–H groups in total. The van der Waals surface area contributed by atoms with Crippen LogP contribution in [0.2, 0.25) is 0 Å². The summed E-state index contributed by atoms with van der Waals surface area (Å²) in [7, 11) is 0. The molecule has 0 radical (unpaired) electrons. The number of nitrogens with zero attached hydrogens (tertiary/aromatic N) is 1. The van der Waals surface area contributed by atoms with E-state index in [0.717, 1.165) is 37.5 Å². The van der Waals surface area contributed by atoms with Crippen molar-refractivity contribution in [3.05, 3.63) is 35.4 Å². The number of amides is 1. The van der Waals surface area contributed by atoms with Gasteiger partial charge < -0.3 is 10.2 Å². The minimum absolute atomic E-state index is 0.213. The summed E-state index contributed by atoms with van der Waals surface area (Å²) in [5.74, 6) is 0.996. The monoisotopic (exact) mass is 258 g/mol. The molecule has 1 heterocycles. The van der Waals surface area contributed by atoms with Crippen LogP contribution in [0.3, 0.4) is 0 Å². The highest BCUT2D eigenvalue weighted by Gasteiger charge is 2.34. The van der Waals surface area contributed by atoms with Gasteiger partial charge >= 0.3 is 0 Å². The molecule has 3 nitrogen and oxygen atoms in total. The molecule has 19 heavy (non-hydrogen) atoms. The largest absolute Gasteiger partial charge is 0.337 e. The first-order chi connectivity index (χ1) is 9.29. The van der Waals surface area contributed by atoms with Crippen LogP contribution in [0.4, 0.5) is 0 Å². The van der Waals surface area contributed by atoms with Gasteiger partial charge in [0.1, 0.15) is 0 Å². The summed E-state index contributed by atoms with van der Waals surface area (Å²) in [5.41, 5.74) is 2.11. The van der Waals surface area contributed by atoms with Crippen LogP contribution in [0.25, 0.3) is 0 Å². The average molecular weight is 258 g/mol. The van der Waals surface area contributed by atoms with E-state index in [1.165, 1.54) is 18.4 Å². The van der Waals surface area contributed by atoms with Crippen molar-refractivity contribution in [2.45, 2.75) is 32.2 Å². The third kappa shape index (κ3) is 2.66. The number of carbonyl (C=O) groups is 1. The number of carbonyl (C=O) groups excluding carboxylic acids is 1. The van der Waals surface area contributed by atoms with E-state index in [1.807, 2.05) is 23.1 Å². The van der Waals surface area contributed by atoms with Gasteiger partial charge in [-0.2, -0.15) is 0 Å². The van der Waals surface area contributed by atoms with Gasteiger partial charge in [-0.3, -0.25) is 4.79 Å². The van der Waals surface area contributed by atoms with Gasteiger partial charge in [0.05, 0.1) is 0 Å². The molecule has 0 saturated heterocycles. The summed E-state index contributed by atoms with van der Waals surface area (Å²) in [6, 6.07) is 8.51. The molecule has 1 aliphatic carbocycles. The Hall–Kier alpha value is -1.35. The lowest BCUT2D eigenvalue weighted by molar-refractivity contribution is 0.0717. The Morgan fingerprint density at radius 2 is 2.16 bits per heavy atom. The van der Waals surface area contributed by atoms with Gasteiger partial charge in [-0.1, -0.05) is 25.1 Å². The van der Waals surface area contributed by atoms with Crippen molar-refractivity contribution in [3.63, 3.8) is 0 Å². The van der Waals surface area contributed by atoms with Crippen LogP contribution in [0.15, 0.2) is 24.3 Å². The molecule has 0 spiro atoms. The second-order valence-corrected chi connectivity index (χ2v) is 5.66.